The van der Waals surface area contributed by atoms with E-state index in [9.17, 15) is 0 Å². The Labute approximate surface area is 85.3 Å². The van der Waals surface area contributed by atoms with E-state index in [-0.39, 0.29) is 6.10 Å². The van der Waals surface area contributed by atoms with Crippen LogP contribution in [0.2, 0.25) is 0 Å². The van der Waals surface area contributed by atoms with E-state index < -0.39 is 0 Å². The minimum atomic E-state index is 0.224. The second-order valence-corrected chi connectivity index (χ2v) is 3.18. The number of nitrogens with one attached hydrogen (secondary N) is 1. The zero-order valence-electron chi connectivity index (χ0n) is 9.16. The highest BCUT2D eigenvalue weighted by atomic mass is 16.5. The zero-order chi connectivity index (χ0) is 10.4. The van der Waals surface area contributed by atoms with Crippen molar-refractivity contribution in [2.24, 2.45) is 0 Å². The molecule has 0 aliphatic heterocycles. The molecule has 0 aromatic carbocycles. The molecule has 0 radical (unpaired) electrons. The Balaban J connectivity index is 2.37. The predicted octanol–water partition coefficient (Wildman–Crippen LogP) is 1.74. The molecule has 80 valence electrons. The van der Waals surface area contributed by atoms with Gasteiger partial charge in [-0.1, -0.05) is 0 Å². The average molecular weight is 197 g/mol. The molecule has 1 heterocycles. The van der Waals surface area contributed by atoms with E-state index in [0.29, 0.717) is 0 Å². The van der Waals surface area contributed by atoms with Gasteiger partial charge in [-0.2, -0.15) is 0 Å². The summed E-state index contributed by atoms with van der Waals surface area (Å²) in [7, 11) is 0. The topological polar surface area (TPSA) is 39.1 Å². The molecular formula is C10H19N3O. The smallest absolute Gasteiger partial charge is 0.202 e. The molecule has 0 aliphatic carbocycles. The van der Waals surface area contributed by atoms with Gasteiger partial charge < -0.3 is 14.6 Å². The summed E-state index contributed by atoms with van der Waals surface area (Å²) in [5.41, 5.74) is 0. The van der Waals surface area contributed by atoms with Crippen LogP contribution in [0, 0.1) is 0 Å². The fourth-order valence-electron chi connectivity index (χ4n) is 1.31. The van der Waals surface area contributed by atoms with Crippen molar-refractivity contribution in [1.29, 1.82) is 0 Å². The fraction of sp³-hybridized carbons (Fsp3) is 0.700. The van der Waals surface area contributed by atoms with Gasteiger partial charge in [0.05, 0.1) is 6.10 Å². The molecule has 1 unspecified atom stereocenters. The van der Waals surface area contributed by atoms with Crippen LogP contribution in [0.5, 0.6) is 0 Å². The number of rotatable bonds is 6. The zero-order valence-corrected chi connectivity index (χ0v) is 9.16. The molecule has 0 saturated carbocycles. The van der Waals surface area contributed by atoms with Crippen molar-refractivity contribution < 1.29 is 4.74 Å². The van der Waals surface area contributed by atoms with Gasteiger partial charge in [-0.25, -0.2) is 4.98 Å². The third-order valence-corrected chi connectivity index (χ3v) is 2.05. The lowest BCUT2D eigenvalue weighted by molar-refractivity contribution is 0.0854. The number of hydrogen-bond donors (Lipinski definition) is 1. The van der Waals surface area contributed by atoms with Crippen LogP contribution in [0.15, 0.2) is 12.4 Å². The van der Waals surface area contributed by atoms with E-state index >= 15 is 0 Å². The number of anilines is 1. The minimum Gasteiger partial charge on any atom is -0.377 e. The minimum absolute atomic E-state index is 0.224. The normalized spacial score (nSPS) is 12.8. The number of hydrogen-bond acceptors (Lipinski definition) is 3. The fourth-order valence-corrected chi connectivity index (χ4v) is 1.31. The van der Waals surface area contributed by atoms with Crippen LogP contribution in [-0.2, 0) is 11.3 Å². The van der Waals surface area contributed by atoms with Gasteiger partial charge in [0.15, 0.2) is 0 Å². The number of aromatic nitrogens is 2. The maximum Gasteiger partial charge on any atom is 0.202 e. The Morgan fingerprint density at radius 3 is 3.00 bits per heavy atom. The first-order valence-electron chi connectivity index (χ1n) is 5.14. The SMILES string of the molecule is CCOC(C)CNc1nccn1CC. The Morgan fingerprint density at radius 2 is 2.36 bits per heavy atom. The maximum atomic E-state index is 5.41. The summed E-state index contributed by atoms with van der Waals surface area (Å²) < 4.78 is 7.48. The molecule has 0 fully saturated rings. The van der Waals surface area contributed by atoms with E-state index in [4.69, 9.17) is 4.74 Å². The van der Waals surface area contributed by atoms with Crippen LogP contribution in [0.25, 0.3) is 0 Å². The standard InChI is InChI=1S/C10H19N3O/c1-4-13-7-6-11-10(13)12-8-9(3)14-5-2/h6-7,9H,4-5,8H2,1-3H3,(H,11,12). The first-order valence-corrected chi connectivity index (χ1v) is 5.14. The maximum absolute atomic E-state index is 5.41. The van der Waals surface area contributed by atoms with Gasteiger partial charge in [0.25, 0.3) is 0 Å². The predicted molar refractivity (Wildman–Crippen MR) is 57.5 cm³/mol. The molecule has 0 amide bonds. The summed E-state index contributed by atoms with van der Waals surface area (Å²) in [6, 6.07) is 0. The van der Waals surface area contributed by atoms with Crippen molar-refractivity contribution in [2.75, 3.05) is 18.5 Å². The molecule has 1 N–H and O–H groups in total. The first kappa shape index (κ1) is 11.0. The molecule has 1 aromatic rings. The lowest BCUT2D eigenvalue weighted by Gasteiger charge is -2.13. The summed E-state index contributed by atoms with van der Waals surface area (Å²) in [6.45, 7) is 8.64. The Kier molecular flexibility index (Phi) is 4.46. The van der Waals surface area contributed by atoms with Crippen molar-refractivity contribution in [3.8, 4) is 0 Å². The molecule has 1 aromatic heterocycles. The average Bonchev–Trinajstić information content (AvgIpc) is 2.62. The second kappa shape index (κ2) is 5.65. The number of aryl methyl sites for hydroxylation is 1. The van der Waals surface area contributed by atoms with Gasteiger partial charge in [-0.15, -0.1) is 0 Å². The van der Waals surface area contributed by atoms with Crippen molar-refractivity contribution in [2.45, 2.75) is 33.4 Å². The summed E-state index contributed by atoms with van der Waals surface area (Å²) in [6.07, 6.45) is 3.99. The van der Waals surface area contributed by atoms with Crippen LogP contribution in [-0.4, -0.2) is 28.8 Å². The van der Waals surface area contributed by atoms with E-state index in [1.54, 1.807) is 6.20 Å². The van der Waals surface area contributed by atoms with Crippen molar-refractivity contribution in [1.82, 2.24) is 9.55 Å². The molecule has 0 saturated heterocycles. The number of imidazole rings is 1. The highest BCUT2D eigenvalue weighted by molar-refractivity contribution is 5.25. The quantitative estimate of drug-likeness (QED) is 0.755. The summed E-state index contributed by atoms with van der Waals surface area (Å²) in [4.78, 5) is 4.22. The largest absolute Gasteiger partial charge is 0.377 e. The van der Waals surface area contributed by atoms with Gasteiger partial charge in [-0.3, -0.25) is 0 Å². The van der Waals surface area contributed by atoms with E-state index in [2.05, 4.69) is 28.7 Å². The first-order chi connectivity index (χ1) is 6.77. The molecule has 4 nitrogen and oxygen atoms in total. The van der Waals surface area contributed by atoms with Crippen molar-refractivity contribution >= 4 is 5.95 Å². The number of ether oxygens (including phenoxy) is 1. The molecule has 4 heteroatoms. The van der Waals surface area contributed by atoms with Gasteiger partial charge in [0.1, 0.15) is 0 Å². The lowest BCUT2D eigenvalue weighted by atomic mass is 10.4. The molecule has 1 rings (SSSR count). The molecule has 0 bridgehead atoms. The van der Waals surface area contributed by atoms with Gasteiger partial charge in [0.2, 0.25) is 5.95 Å². The Hall–Kier alpha value is -1.03. The highest BCUT2D eigenvalue weighted by Gasteiger charge is 2.03. The van der Waals surface area contributed by atoms with Gasteiger partial charge in [0, 0.05) is 32.1 Å². The van der Waals surface area contributed by atoms with Crippen LogP contribution in [0.1, 0.15) is 20.8 Å². The Bertz CT molecular complexity index is 260. The molecule has 1 atom stereocenters. The molecule has 0 spiro atoms. The van der Waals surface area contributed by atoms with Crippen molar-refractivity contribution in [3.63, 3.8) is 0 Å². The van der Waals surface area contributed by atoms with Crippen LogP contribution in [0.4, 0.5) is 5.95 Å². The third kappa shape index (κ3) is 3.03. The Morgan fingerprint density at radius 1 is 1.57 bits per heavy atom. The summed E-state index contributed by atoms with van der Waals surface area (Å²) in [5, 5.41) is 3.26. The molecule has 0 aliphatic rings. The van der Waals surface area contributed by atoms with E-state index in [1.807, 2.05) is 13.1 Å². The summed E-state index contributed by atoms with van der Waals surface area (Å²) in [5.74, 6) is 0.916. The third-order valence-electron chi connectivity index (χ3n) is 2.05. The van der Waals surface area contributed by atoms with Crippen molar-refractivity contribution in [3.05, 3.63) is 12.4 Å². The van der Waals surface area contributed by atoms with E-state index in [1.165, 1.54) is 0 Å². The van der Waals surface area contributed by atoms with Gasteiger partial charge >= 0.3 is 0 Å². The highest BCUT2D eigenvalue weighted by Crippen LogP contribution is 2.04. The van der Waals surface area contributed by atoms with Crippen LogP contribution in [0.3, 0.4) is 0 Å². The van der Waals surface area contributed by atoms with Crippen LogP contribution >= 0.6 is 0 Å². The monoisotopic (exact) mass is 197 g/mol. The second-order valence-electron chi connectivity index (χ2n) is 3.18. The van der Waals surface area contributed by atoms with Crippen LogP contribution < -0.4 is 5.32 Å². The van der Waals surface area contributed by atoms with Gasteiger partial charge in [-0.05, 0) is 20.8 Å². The molecule has 14 heavy (non-hydrogen) atoms. The molecular weight excluding hydrogens is 178 g/mol. The van der Waals surface area contributed by atoms with E-state index in [0.717, 1.165) is 25.6 Å². The lowest BCUT2D eigenvalue weighted by Crippen LogP contribution is -2.21. The number of nitrogens with zero attached hydrogens (tertiary/aromatic N) is 2. The summed E-state index contributed by atoms with van der Waals surface area (Å²) >= 11 is 0.